The Morgan fingerprint density at radius 3 is 2.93 bits per heavy atom. The molecular formula is C7H9KN2O4S. The molecule has 0 bridgehead atoms. The van der Waals surface area contributed by atoms with Gasteiger partial charge in [-0.3, -0.25) is 9.95 Å². The molecule has 0 aromatic carbocycles. The van der Waals surface area contributed by atoms with Crippen molar-refractivity contribution in [3.63, 3.8) is 0 Å². The smallest absolute Gasteiger partial charge is 0.790 e. The Morgan fingerprint density at radius 2 is 2.47 bits per heavy atom. The first-order valence-electron chi connectivity index (χ1n) is 3.89. The Kier molecular flexibility index (Phi) is 7.48. The van der Waals surface area contributed by atoms with Gasteiger partial charge >= 0.3 is 57.4 Å². The minimum atomic E-state index is -0.453. The average Bonchev–Trinajstić information content (AvgIpc) is 2.48. The Bertz CT molecular complexity index is 387. The van der Waals surface area contributed by atoms with Gasteiger partial charge in [0.15, 0.2) is 0 Å². The predicted octanol–water partition coefficient (Wildman–Crippen LogP) is -2.70. The number of carbonyl (C=O) groups excluding carboxylic acids is 1. The summed E-state index contributed by atoms with van der Waals surface area (Å²) < 4.78 is 5.27. The van der Waals surface area contributed by atoms with E-state index >= 15 is 0 Å². The second-order valence-electron chi connectivity index (χ2n) is 2.39. The van der Waals surface area contributed by atoms with E-state index in [1.54, 1.807) is 6.92 Å². The van der Waals surface area contributed by atoms with Crippen LogP contribution in [0.2, 0.25) is 0 Å². The third-order valence-electron chi connectivity index (χ3n) is 1.46. The molecule has 1 N–H and O–H groups in total. The van der Waals surface area contributed by atoms with Crippen LogP contribution in [0.5, 0.6) is 0 Å². The van der Waals surface area contributed by atoms with Gasteiger partial charge in [-0.15, -0.1) is 11.3 Å². The van der Waals surface area contributed by atoms with Crippen molar-refractivity contribution in [2.75, 3.05) is 6.61 Å². The normalized spacial score (nSPS) is 10.9. The number of nitrogens with zero attached hydrogens (tertiary/aromatic N) is 2. The topological polar surface area (TPSA) is 86.9 Å². The summed E-state index contributed by atoms with van der Waals surface area (Å²) in [6.07, 6.45) is -0.0731. The molecule has 6 nitrogen and oxygen atoms in total. The van der Waals surface area contributed by atoms with Crippen LogP contribution in [0.1, 0.15) is 12.6 Å². The molecule has 8 heteroatoms. The first-order valence-corrected chi connectivity index (χ1v) is 4.77. The van der Waals surface area contributed by atoms with Crippen LogP contribution in [0, 0.1) is 5.21 Å². The Morgan fingerprint density at radius 1 is 1.80 bits per heavy atom. The van der Waals surface area contributed by atoms with E-state index in [1.807, 2.05) is 0 Å². The molecule has 0 saturated heterocycles. The second-order valence-corrected chi connectivity index (χ2v) is 3.23. The summed E-state index contributed by atoms with van der Waals surface area (Å²) in [7, 11) is 0. The molecule has 0 amide bonds. The number of esters is 1. The van der Waals surface area contributed by atoms with Crippen LogP contribution in [0.4, 0.5) is 0 Å². The summed E-state index contributed by atoms with van der Waals surface area (Å²) in [6, 6.07) is 0. The maximum atomic E-state index is 11.0. The van der Waals surface area contributed by atoms with Gasteiger partial charge in [0.05, 0.1) is 18.7 Å². The summed E-state index contributed by atoms with van der Waals surface area (Å²) in [5.41, 5.74) is 0.294. The van der Waals surface area contributed by atoms with Gasteiger partial charge in [0.1, 0.15) is 0 Å². The molecule has 1 heterocycles. The number of hydrogen-bond donors (Lipinski definition) is 1. The summed E-state index contributed by atoms with van der Waals surface area (Å²) in [4.78, 5) is 10.9. The first-order chi connectivity index (χ1) is 6.69. The Labute approximate surface area is 133 Å². The summed E-state index contributed by atoms with van der Waals surface area (Å²) in [5, 5.41) is 23.4. The first kappa shape index (κ1) is 15.1. The van der Waals surface area contributed by atoms with Gasteiger partial charge in [-0.1, -0.05) is 0 Å². The largest absolute Gasteiger partial charge is 1.00 e. The number of ether oxygens (including phenoxy) is 1. The molecule has 0 atom stereocenters. The molecule has 1 aromatic heterocycles. The van der Waals surface area contributed by atoms with Crippen molar-refractivity contribution < 1.29 is 66.1 Å². The maximum absolute atomic E-state index is 11.0. The third kappa shape index (κ3) is 4.25. The van der Waals surface area contributed by atoms with Crippen LogP contribution < -0.4 is 56.2 Å². The van der Waals surface area contributed by atoms with Gasteiger partial charge in [-0.05, 0) is 6.92 Å². The van der Waals surface area contributed by atoms with E-state index in [0.29, 0.717) is 10.4 Å². The van der Waals surface area contributed by atoms with Gasteiger partial charge in [0.2, 0.25) is 4.80 Å². The van der Waals surface area contributed by atoms with Crippen LogP contribution in [-0.4, -0.2) is 22.5 Å². The maximum Gasteiger partial charge on any atom is 1.00 e. The van der Waals surface area contributed by atoms with E-state index in [1.165, 1.54) is 5.38 Å². The van der Waals surface area contributed by atoms with Crippen LogP contribution in [0.25, 0.3) is 0 Å². The van der Waals surface area contributed by atoms with Gasteiger partial charge < -0.3 is 15.2 Å². The van der Waals surface area contributed by atoms with Crippen LogP contribution >= 0.6 is 11.3 Å². The standard InChI is InChI=1S/C7H10N2O4S.K/c1-2-13-6(10)3-5-4-14-7(8-11)9(5)12;/h4,11-12H,2-3H2,1H3;/q;+1/p-1/b8-7-;. The van der Waals surface area contributed by atoms with Crippen LogP contribution in [0.3, 0.4) is 0 Å². The molecule has 0 fully saturated rings. The van der Waals surface area contributed by atoms with E-state index in [4.69, 9.17) is 0 Å². The summed E-state index contributed by atoms with van der Waals surface area (Å²) >= 11 is 0.962. The van der Waals surface area contributed by atoms with Crippen molar-refractivity contribution in [2.24, 2.45) is 5.16 Å². The minimum absolute atomic E-state index is 0. The molecule has 0 spiro atoms. The molecule has 0 aliphatic heterocycles. The van der Waals surface area contributed by atoms with Crippen LogP contribution in [0.15, 0.2) is 10.5 Å². The van der Waals surface area contributed by atoms with Gasteiger partial charge in [-0.2, -0.15) is 4.73 Å². The quantitative estimate of drug-likeness (QED) is 0.276. The molecule has 0 radical (unpaired) electrons. The number of carbonyl (C=O) groups is 1. The van der Waals surface area contributed by atoms with Gasteiger partial charge in [0, 0.05) is 5.38 Å². The fraction of sp³-hybridized carbons (Fsp3) is 0.429. The van der Waals surface area contributed by atoms with E-state index < -0.39 is 5.97 Å². The molecule has 15 heavy (non-hydrogen) atoms. The molecule has 1 aromatic rings. The van der Waals surface area contributed by atoms with Crippen molar-refractivity contribution in [2.45, 2.75) is 13.3 Å². The minimum Gasteiger partial charge on any atom is -0.790 e. The zero-order valence-electron chi connectivity index (χ0n) is 8.47. The van der Waals surface area contributed by atoms with E-state index in [-0.39, 0.29) is 69.2 Å². The Balaban J connectivity index is 0.00000196. The molecule has 0 saturated carbocycles. The van der Waals surface area contributed by atoms with E-state index in [0.717, 1.165) is 11.3 Å². The monoisotopic (exact) mass is 256 g/mol. The molecule has 1 rings (SSSR count). The Hall–Kier alpha value is 0.136. The third-order valence-corrected chi connectivity index (χ3v) is 2.31. The summed E-state index contributed by atoms with van der Waals surface area (Å²) in [6.45, 7) is 1.98. The predicted molar refractivity (Wildman–Crippen MR) is 48.8 cm³/mol. The molecule has 0 unspecified atom stereocenters. The van der Waals surface area contributed by atoms with Crippen LogP contribution in [-0.2, 0) is 16.0 Å². The average molecular weight is 256 g/mol. The zero-order valence-corrected chi connectivity index (χ0v) is 12.4. The summed E-state index contributed by atoms with van der Waals surface area (Å²) in [5.74, 6) is -0.453. The van der Waals surface area contributed by atoms with E-state index in [9.17, 15) is 15.2 Å². The van der Waals surface area contributed by atoms with Crippen molar-refractivity contribution in [3.8, 4) is 0 Å². The number of rotatable bonds is 3. The van der Waals surface area contributed by atoms with Crippen molar-refractivity contribution in [1.29, 1.82) is 0 Å². The van der Waals surface area contributed by atoms with Gasteiger partial charge in [-0.25, -0.2) is 0 Å². The molecule has 0 aliphatic rings. The molecule has 78 valence electrons. The van der Waals surface area contributed by atoms with Gasteiger partial charge in [0.25, 0.3) is 0 Å². The molecular weight excluding hydrogens is 247 g/mol. The second kappa shape index (κ2) is 7.42. The van der Waals surface area contributed by atoms with Crippen molar-refractivity contribution in [1.82, 2.24) is 4.73 Å². The van der Waals surface area contributed by atoms with E-state index in [2.05, 4.69) is 9.89 Å². The van der Waals surface area contributed by atoms with Crippen molar-refractivity contribution in [3.05, 3.63) is 21.1 Å². The van der Waals surface area contributed by atoms with Crippen molar-refractivity contribution >= 4 is 17.3 Å². The molecule has 0 aliphatic carbocycles. The fourth-order valence-electron chi connectivity index (χ4n) is 0.880. The number of aromatic nitrogens is 1. The number of thiazole rings is 1. The number of hydrogen-bond acceptors (Lipinski definition) is 6. The SMILES string of the molecule is CCOC(=O)Cc1cs/c(=N\[O-])n1O.[K+]. The zero-order chi connectivity index (χ0) is 10.6. The fourth-order valence-corrected chi connectivity index (χ4v) is 1.56.